The number of nitrogens with one attached hydrogen (secondary N) is 2. The molecule has 0 saturated carbocycles. The molecule has 6 heteroatoms. The number of benzene rings is 1. The Labute approximate surface area is 113 Å². The summed E-state index contributed by atoms with van der Waals surface area (Å²) in [6.45, 7) is 2.07. The molecule has 0 spiro atoms. The molecule has 19 heavy (non-hydrogen) atoms. The standard InChI is InChI=1S/C13H18N2O3S/c16-19(17,15-9-11-2-1-6-14-11)12-3-4-13-10(8-12)5-7-18-13/h3-4,8,11,14-15H,1-2,5-7,9H2. The normalized spacial score (nSPS) is 22.2. The van der Waals surface area contributed by atoms with E-state index >= 15 is 0 Å². The lowest BCUT2D eigenvalue weighted by atomic mass is 10.2. The van der Waals surface area contributed by atoms with Crippen molar-refractivity contribution < 1.29 is 13.2 Å². The van der Waals surface area contributed by atoms with E-state index in [-0.39, 0.29) is 6.04 Å². The third kappa shape index (κ3) is 2.75. The first-order chi connectivity index (χ1) is 9.15. The lowest BCUT2D eigenvalue weighted by molar-refractivity contribution is 0.356. The second-order valence-electron chi connectivity index (χ2n) is 5.01. The van der Waals surface area contributed by atoms with Crippen LogP contribution in [0.3, 0.4) is 0 Å². The maximum Gasteiger partial charge on any atom is 0.240 e. The van der Waals surface area contributed by atoms with E-state index in [2.05, 4.69) is 10.0 Å². The van der Waals surface area contributed by atoms with Gasteiger partial charge in [-0.3, -0.25) is 0 Å². The molecule has 1 unspecified atom stereocenters. The molecule has 0 aliphatic carbocycles. The third-order valence-electron chi connectivity index (χ3n) is 3.65. The molecule has 2 aliphatic heterocycles. The van der Waals surface area contributed by atoms with E-state index in [1.165, 1.54) is 0 Å². The Morgan fingerprint density at radius 3 is 3.11 bits per heavy atom. The van der Waals surface area contributed by atoms with Gasteiger partial charge in [-0.1, -0.05) is 0 Å². The molecule has 1 aromatic carbocycles. The second kappa shape index (κ2) is 5.11. The van der Waals surface area contributed by atoms with E-state index in [9.17, 15) is 8.42 Å². The Morgan fingerprint density at radius 2 is 2.32 bits per heavy atom. The van der Waals surface area contributed by atoms with Crippen LogP contribution in [0.5, 0.6) is 5.75 Å². The highest BCUT2D eigenvalue weighted by Crippen LogP contribution is 2.27. The minimum Gasteiger partial charge on any atom is -0.493 e. The summed E-state index contributed by atoms with van der Waals surface area (Å²) in [5, 5.41) is 3.28. The average Bonchev–Trinajstić information content (AvgIpc) is 3.06. The maximum absolute atomic E-state index is 12.2. The Balaban J connectivity index is 1.72. The highest BCUT2D eigenvalue weighted by molar-refractivity contribution is 7.89. The molecule has 2 N–H and O–H groups in total. The summed E-state index contributed by atoms with van der Waals surface area (Å²) < 4.78 is 32.5. The number of sulfonamides is 1. The van der Waals surface area contributed by atoms with Gasteiger partial charge in [-0.15, -0.1) is 0 Å². The fourth-order valence-electron chi connectivity index (χ4n) is 2.55. The lowest BCUT2D eigenvalue weighted by Gasteiger charge is -2.12. The van der Waals surface area contributed by atoms with Gasteiger partial charge in [0.15, 0.2) is 0 Å². The Kier molecular flexibility index (Phi) is 3.47. The van der Waals surface area contributed by atoms with Crippen molar-refractivity contribution in [3.63, 3.8) is 0 Å². The van der Waals surface area contributed by atoms with Gasteiger partial charge in [0.25, 0.3) is 0 Å². The van der Waals surface area contributed by atoms with Crippen molar-refractivity contribution in [3.05, 3.63) is 23.8 Å². The van der Waals surface area contributed by atoms with Gasteiger partial charge in [-0.25, -0.2) is 13.1 Å². The molecule has 1 saturated heterocycles. The number of rotatable bonds is 4. The predicted octanol–water partition coefficient (Wildman–Crippen LogP) is 0.652. The molecule has 0 aromatic heterocycles. The van der Waals surface area contributed by atoms with E-state index in [4.69, 9.17) is 4.74 Å². The van der Waals surface area contributed by atoms with Crippen LogP contribution in [0.25, 0.3) is 0 Å². The lowest BCUT2D eigenvalue weighted by Crippen LogP contribution is -2.37. The molecule has 0 bridgehead atoms. The second-order valence-corrected chi connectivity index (χ2v) is 6.78. The van der Waals surface area contributed by atoms with Gasteiger partial charge in [-0.05, 0) is 43.1 Å². The van der Waals surface area contributed by atoms with Crippen LogP contribution in [0.2, 0.25) is 0 Å². The summed E-state index contributed by atoms with van der Waals surface area (Å²) in [6, 6.07) is 5.32. The number of hydrogen-bond acceptors (Lipinski definition) is 4. The molecule has 1 atom stereocenters. The third-order valence-corrected chi connectivity index (χ3v) is 5.07. The van der Waals surface area contributed by atoms with Crippen LogP contribution in [0.15, 0.2) is 23.1 Å². The van der Waals surface area contributed by atoms with E-state index < -0.39 is 10.0 Å². The highest BCUT2D eigenvalue weighted by atomic mass is 32.2. The first-order valence-electron chi connectivity index (χ1n) is 6.64. The van der Waals surface area contributed by atoms with Crippen LogP contribution in [0.4, 0.5) is 0 Å². The Hall–Kier alpha value is -1.11. The predicted molar refractivity (Wildman–Crippen MR) is 71.9 cm³/mol. The Bertz CT molecular complexity index is 565. The number of hydrogen-bond donors (Lipinski definition) is 2. The van der Waals surface area contributed by atoms with Gasteiger partial charge in [0.05, 0.1) is 11.5 Å². The maximum atomic E-state index is 12.2. The largest absolute Gasteiger partial charge is 0.493 e. The van der Waals surface area contributed by atoms with Gasteiger partial charge in [0.2, 0.25) is 10.0 Å². The Morgan fingerprint density at radius 1 is 1.42 bits per heavy atom. The molecule has 2 aliphatic rings. The first kappa shape index (κ1) is 12.9. The smallest absolute Gasteiger partial charge is 0.240 e. The zero-order valence-electron chi connectivity index (χ0n) is 10.7. The van der Waals surface area contributed by atoms with Crippen LogP contribution in [-0.4, -0.2) is 34.2 Å². The van der Waals surface area contributed by atoms with Gasteiger partial charge in [-0.2, -0.15) is 0 Å². The van der Waals surface area contributed by atoms with Crippen molar-refractivity contribution >= 4 is 10.0 Å². The molecular weight excluding hydrogens is 264 g/mol. The number of fused-ring (bicyclic) bond motifs is 1. The minimum atomic E-state index is -3.41. The van der Waals surface area contributed by atoms with Gasteiger partial charge >= 0.3 is 0 Å². The zero-order valence-corrected chi connectivity index (χ0v) is 11.5. The van der Waals surface area contributed by atoms with Crippen LogP contribution in [-0.2, 0) is 16.4 Å². The summed E-state index contributed by atoms with van der Waals surface area (Å²) in [7, 11) is -3.41. The molecule has 0 amide bonds. The topological polar surface area (TPSA) is 67.4 Å². The van der Waals surface area contributed by atoms with E-state index in [0.717, 1.165) is 37.1 Å². The monoisotopic (exact) mass is 282 g/mol. The van der Waals surface area contributed by atoms with Gasteiger partial charge in [0.1, 0.15) is 5.75 Å². The fourth-order valence-corrected chi connectivity index (χ4v) is 3.69. The molecule has 5 nitrogen and oxygen atoms in total. The summed E-state index contributed by atoms with van der Waals surface area (Å²) in [5.41, 5.74) is 0.974. The fraction of sp³-hybridized carbons (Fsp3) is 0.538. The molecular formula is C13H18N2O3S. The van der Waals surface area contributed by atoms with Crippen molar-refractivity contribution in [1.82, 2.24) is 10.0 Å². The van der Waals surface area contributed by atoms with Gasteiger partial charge in [0, 0.05) is 19.0 Å². The summed E-state index contributed by atoms with van der Waals surface area (Å²) in [4.78, 5) is 0.328. The van der Waals surface area contributed by atoms with Crippen molar-refractivity contribution in [1.29, 1.82) is 0 Å². The first-order valence-corrected chi connectivity index (χ1v) is 8.12. The average molecular weight is 282 g/mol. The molecule has 1 aromatic rings. The van der Waals surface area contributed by atoms with E-state index in [0.29, 0.717) is 18.0 Å². The molecule has 2 heterocycles. The zero-order chi connectivity index (χ0) is 13.3. The van der Waals surface area contributed by atoms with Crippen LogP contribution in [0.1, 0.15) is 18.4 Å². The van der Waals surface area contributed by atoms with E-state index in [1.54, 1.807) is 18.2 Å². The molecule has 3 rings (SSSR count). The van der Waals surface area contributed by atoms with Gasteiger partial charge < -0.3 is 10.1 Å². The molecule has 0 radical (unpaired) electrons. The molecule has 104 valence electrons. The SMILES string of the molecule is O=S(=O)(NCC1CCCN1)c1ccc2c(c1)CCO2. The van der Waals surface area contributed by atoms with Crippen molar-refractivity contribution in [2.75, 3.05) is 19.7 Å². The quantitative estimate of drug-likeness (QED) is 0.851. The summed E-state index contributed by atoms with van der Waals surface area (Å²) in [6.07, 6.45) is 2.92. The van der Waals surface area contributed by atoms with Crippen LogP contribution < -0.4 is 14.8 Å². The molecule has 1 fully saturated rings. The van der Waals surface area contributed by atoms with Crippen LogP contribution >= 0.6 is 0 Å². The van der Waals surface area contributed by atoms with Crippen molar-refractivity contribution in [2.24, 2.45) is 0 Å². The summed E-state index contributed by atoms with van der Waals surface area (Å²) in [5.74, 6) is 0.802. The van der Waals surface area contributed by atoms with Crippen molar-refractivity contribution in [3.8, 4) is 5.75 Å². The summed E-state index contributed by atoms with van der Waals surface area (Å²) >= 11 is 0. The van der Waals surface area contributed by atoms with E-state index in [1.807, 2.05) is 0 Å². The highest BCUT2D eigenvalue weighted by Gasteiger charge is 2.21. The minimum absolute atomic E-state index is 0.257. The number of ether oxygens (including phenoxy) is 1. The van der Waals surface area contributed by atoms with Crippen LogP contribution in [0, 0.1) is 0 Å². The van der Waals surface area contributed by atoms with Crippen molar-refractivity contribution in [2.45, 2.75) is 30.2 Å².